The standard InChI is InChI=1S/C17H24N2O/c1-4-16(17-10-7-11-20-17)18-12-14-8-5-6-9-15(14)13-19(2)3/h5-11,16,18H,4,12-13H2,1-3H3. The number of hydrogen-bond acceptors (Lipinski definition) is 3. The summed E-state index contributed by atoms with van der Waals surface area (Å²) in [6.07, 6.45) is 2.75. The van der Waals surface area contributed by atoms with Gasteiger partial charge in [0, 0.05) is 13.1 Å². The quantitative estimate of drug-likeness (QED) is 0.835. The number of furan rings is 1. The van der Waals surface area contributed by atoms with Crippen LogP contribution in [0.2, 0.25) is 0 Å². The first kappa shape index (κ1) is 14.8. The topological polar surface area (TPSA) is 28.4 Å². The molecule has 1 atom stereocenters. The van der Waals surface area contributed by atoms with E-state index in [0.29, 0.717) is 0 Å². The Morgan fingerprint density at radius 3 is 2.45 bits per heavy atom. The molecule has 1 N–H and O–H groups in total. The Kier molecular flexibility index (Phi) is 5.39. The summed E-state index contributed by atoms with van der Waals surface area (Å²) in [5.41, 5.74) is 2.73. The first-order valence-electron chi connectivity index (χ1n) is 7.19. The summed E-state index contributed by atoms with van der Waals surface area (Å²) in [5, 5.41) is 3.59. The predicted molar refractivity (Wildman–Crippen MR) is 82.4 cm³/mol. The Morgan fingerprint density at radius 2 is 1.85 bits per heavy atom. The maximum Gasteiger partial charge on any atom is 0.120 e. The number of hydrogen-bond donors (Lipinski definition) is 1. The first-order valence-corrected chi connectivity index (χ1v) is 7.19. The van der Waals surface area contributed by atoms with Crippen LogP contribution in [0, 0.1) is 0 Å². The van der Waals surface area contributed by atoms with Gasteiger partial charge in [0.05, 0.1) is 12.3 Å². The Bertz CT molecular complexity index is 505. The van der Waals surface area contributed by atoms with E-state index in [-0.39, 0.29) is 6.04 Å². The van der Waals surface area contributed by atoms with Crippen LogP contribution in [0.25, 0.3) is 0 Å². The first-order chi connectivity index (χ1) is 9.70. The zero-order chi connectivity index (χ0) is 14.4. The highest BCUT2D eigenvalue weighted by Crippen LogP contribution is 2.18. The van der Waals surface area contributed by atoms with Crippen molar-refractivity contribution in [2.75, 3.05) is 14.1 Å². The third kappa shape index (κ3) is 3.95. The lowest BCUT2D eigenvalue weighted by molar-refractivity contribution is 0.391. The largest absolute Gasteiger partial charge is 0.468 e. The van der Waals surface area contributed by atoms with Gasteiger partial charge in [-0.25, -0.2) is 0 Å². The maximum absolute atomic E-state index is 5.50. The van der Waals surface area contributed by atoms with Gasteiger partial charge >= 0.3 is 0 Å². The molecule has 0 radical (unpaired) electrons. The third-order valence-corrected chi connectivity index (χ3v) is 3.44. The van der Waals surface area contributed by atoms with E-state index in [4.69, 9.17) is 4.42 Å². The van der Waals surface area contributed by atoms with Crippen molar-refractivity contribution in [1.82, 2.24) is 10.2 Å². The molecule has 1 aromatic heterocycles. The van der Waals surface area contributed by atoms with Crippen molar-refractivity contribution in [2.24, 2.45) is 0 Å². The van der Waals surface area contributed by atoms with E-state index in [1.54, 1.807) is 6.26 Å². The van der Waals surface area contributed by atoms with Crippen LogP contribution < -0.4 is 5.32 Å². The van der Waals surface area contributed by atoms with Crippen molar-refractivity contribution in [3.63, 3.8) is 0 Å². The summed E-state index contributed by atoms with van der Waals surface area (Å²) in [5.74, 6) is 1.01. The molecule has 3 nitrogen and oxygen atoms in total. The number of nitrogens with zero attached hydrogens (tertiary/aromatic N) is 1. The van der Waals surface area contributed by atoms with Crippen molar-refractivity contribution in [3.8, 4) is 0 Å². The normalized spacial score (nSPS) is 12.8. The molecule has 0 aliphatic carbocycles. The fraction of sp³-hybridized carbons (Fsp3) is 0.412. The van der Waals surface area contributed by atoms with Gasteiger partial charge in [-0.3, -0.25) is 0 Å². The van der Waals surface area contributed by atoms with E-state index < -0.39 is 0 Å². The van der Waals surface area contributed by atoms with Gasteiger partial charge in [0.1, 0.15) is 5.76 Å². The molecule has 0 amide bonds. The molecule has 108 valence electrons. The summed E-state index contributed by atoms with van der Waals surface area (Å²) in [6.45, 7) is 4.00. The second-order valence-electron chi connectivity index (χ2n) is 5.36. The lowest BCUT2D eigenvalue weighted by Crippen LogP contribution is -2.21. The van der Waals surface area contributed by atoms with Gasteiger partial charge in [0.25, 0.3) is 0 Å². The van der Waals surface area contributed by atoms with Crippen LogP contribution in [-0.4, -0.2) is 19.0 Å². The molecule has 0 saturated heterocycles. The summed E-state index contributed by atoms with van der Waals surface area (Å²) in [7, 11) is 4.20. The lowest BCUT2D eigenvalue weighted by atomic mass is 10.1. The Labute approximate surface area is 121 Å². The van der Waals surface area contributed by atoms with Gasteiger partial charge in [-0.1, -0.05) is 31.2 Å². The Hall–Kier alpha value is -1.58. The second-order valence-corrected chi connectivity index (χ2v) is 5.36. The molecule has 2 aromatic rings. The number of rotatable bonds is 7. The molecule has 3 heteroatoms. The van der Waals surface area contributed by atoms with E-state index in [0.717, 1.165) is 25.3 Å². The van der Waals surface area contributed by atoms with Crippen LogP contribution in [0.3, 0.4) is 0 Å². The molecule has 20 heavy (non-hydrogen) atoms. The maximum atomic E-state index is 5.50. The summed E-state index contributed by atoms with van der Waals surface area (Å²) >= 11 is 0. The smallest absolute Gasteiger partial charge is 0.120 e. The average molecular weight is 272 g/mol. The average Bonchev–Trinajstić information content (AvgIpc) is 2.95. The van der Waals surface area contributed by atoms with Crippen LogP contribution >= 0.6 is 0 Å². The molecule has 0 saturated carbocycles. The van der Waals surface area contributed by atoms with Gasteiger partial charge in [-0.05, 0) is 43.8 Å². The molecular formula is C17H24N2O. The van der Waals surface area contributed by atoms with E-state index in [1.807, 2.05) is 12.1 Å². The minimum Gasteiger partial charge on any atom is -0.468 e. The lowest BCUT2D eigenvalue weighted by Gasteiger charge is -2.18. The van der Waals surface area contributed by atoms with Gasteiger partial charge in [0.15, 0.2) is 0 Å². The molecule has 0 aliphatic rings. The highest BCUT2D eigenvalue weighted by Gasteiger charge is 2.12. The third-order valence-electron chi connectivity index (χ3n) is 3.44. The van der Waals surface area contributed by atoms with Crippen LogP contribution in [0.4, 0.5) is 0 Å². The molecule has 0 spiro atoms. The zero-order valence-electron chi connectivity index (χ0n) is 12.6. The van der Waals surface area contributed by atoms with Crippen LogP contribution in [-0.2, 0) is 13.1 Å². The summed E-state index contributed by atoms with van der Waals surface area (Å²) in [6, 6.07) is 12.9. The fourth-order valence-electron chi connectivity index (χ4n) is 2.39. The van der Waals surface area contributed by atoms with E-state index in [1.165, 1.54) is 11.1 Å². The molecule has 1 aromatic carbocycles. The Morgan fingerprint density at radius 1 is 1.10 bits per heavy atom. The summed E-state index contributed by atoms with van der Waals surface area (Å²) in [4.78, 5) is 2.20. The van der Waals surface area contributed by atoms with Crippen molar-refractivity contribution >= 4 is 0 Å². The predicted octanol–water partition coefficient (Wildman–Crippen LogP) is 3.58. The molecule has 0 aliphatic heterocycles. The number of benzene rings is 1. The van der Waals surface area contributed by atoms with Gasteiger partial charge < -0.3 is 14.6 Å². The van der Waals surface area contributed by atoms with E-state index in [9.17, 15) is 0 Å². The molecule has 0 fully saturated rings. The van der Waals surface area contributed by atoms with Crippen LogP contribution in [0.1, 0.15) is 36.3 Å². The van der Waals surface area contributed by atoms with Crippen molar-refractivity contribution < 1.29 is 4.42 Å². The molecule has 2 rings (SSSR count). The van der Waals surface area contributed by atoms with Crippen LogP contribution in [0.5, 0.6) is 0 Å². The fourth-order valence-corrected chi connectivity index (χ4v) is 2.39. The van der Waals surface area contributed by atoms with E-state index >= 15 is 0 Å². The molecular weight excluding hydrogens is 248 g/mol. The highest BCUT2D eigenvalue weighted by atomic mass is 16.3. The molecule has 0 bridgehead atoms. The minimum atomic E-state index is 0.275. The van der Waals surface area contributed by atoms with Crippen molar-refractivity contribution in [3.05, 3.63) is 59.5 Å². The SMILES string of the molecule is CCC(NCc1ccccc1CN(C)C)c1ccco1. The summed E-state index contributed by atoms with van der Waals surface area (Å²) < 4.78 is 5.50. The van der Waals surface area contributed by atoms with Crippen molar-refractivity contribution in [1.29, 1.82) is 0 Å². The molecule has 1 unspecified atom stereocenters. The van der Waals surface area contributed by atoms with Crippen molar-refractivity contribution in [2.45, 2.75) is 32.5 Å². The van der Waals surface area contributed by atoms with E-state index in [2.05, 4.69) is 55.5 Å². The highest BCUT2D eigenvalue weighted by molar-refractivity contribution is 5.27. The Balaban J connectivity index is 2.03. The monoisotopic (exact) mass is 272 g/mol. The van der Waals surface area contributed by atoms with Crippen LogP contribution in [0.15, 0.2) is 47.1 Å². The van der Waals surface area contributed by atoms with Gasteiger partial charge in [-0.15, -0.1) is 0 Å². The van der Waals surface area contributed by atoms with Gasteiger partial charge in [-0.2, -0.15) is 0 Å². The van der Waals surface area contributed by atoms with Gasteiger partial charge in [0.2, 0.25) is 0 Å². The number of nitrogens with one attached hydrogen (secondary N) is 1. The second kappa shape index (κ2) is 7.27. The molecule has 1 heterocycles. The zero-order valence-corrected chi connectivity index (χ0v) is 12.6. The minimum absolute atomic E-state index is 0.275.